The van der Waals surface area contributed by atoms with Crippen molar-refractivity contribution < 1.29 is 4.74 Å². The Morgan fingerprint density at radius 3 is 2.94 bits per heavy atom. The Kier molecular flexibility index (Phi) is 3.44. The SMILES string of the molecule is c1cc(CNC2CCCOC2)cc(C2CC2)c1. The fourth-order valence-electron chi connectivity index (χ4n) is 2.54. The summed E-state index contributed by atoms with van der Waals surface area (Å²) in [5, 5.41) is 3.60. The Labute approximate surface area is 103 Å². The maximum Gasteiger partial charge on any atom is 0.0619 e. The summed E-state index contributed by atoms with van der Waals surface area (Å²) in [6.45, 7) is 2.80. The number of nitrogens with one attached hydrogen (secondary N) is 1. The molecule has 3 rings (SSSR count). The van der Waals surface area contributed by atoms with Crippen LogP contribution < -0.4 is 5.32 Å². The first-order valence-corrected chi connectivity index (χ1v) is 6.82. The van der Waals surface area contributed by atoms with Crippen LogP contribution in [0, 0.1) is 0 Å². The average molecular weight is 231 g/mol. The summed E-state index contributed by atoms with van der Waals surface area (Å²) < 4.78 is 5.48. The Morgan fingerprint density at radius 2 is 2.18 bits per heavy atom. The number of ether oxygens (including phenoxy) is 1. The van der Waals surface area contributed by atoms with Gasteiger partial charge in [0.15, 0.2) is 0 Å². The second-order valence-corrected chi connectivity index (χ2v) is 5.31. The van der Waals surface area contributed by atoms with Crippen LogP contribution in [0.2, 0.25) is 0 Å². The zero-order valence-electron chi connectivity index (χ0n) is 10.3. The molecular formula is C15H21NO. The van der Waals surface area contributed by atoms with Crippen LogP contribution in [0.4, 0.5) is 0 Å². The largest absolute Gasteiger partial charge is 0.380 e. The van der Waals surface area contributed by atoms with Crippen LogP contribution in [0.25, 0.3) is 0 Å². The van der Waals surface area contributed by atoms with Crippen molar-refractivity contribution in [2.75, 3.05) is 13.2 Å². The van der Waals surface area contributed by atoms with Gasteiger partial charge in [0.1, 0.15) is 0 Å². The summed E-state index contributed by atoms with van der Waals surface area (Å²) >= 11 is 0. The van der Waals surface area contributed by atoms with Gasteiger partial charge in [0.2, 0.25) is 0 Å². The quantitative estimate of drug-likeness (QED) is 0.860. The summed E-state index contributed by atoms with van der Waals surface area (Å²) in [7, 11) is 0. The molecule has 1 unspecified atom stereocenters. The molecule has 92 valence electrons. The molecule has 2 aliphatic rings. The van der Waals surface area contributed by atoms with Crippen molar-refractivity contribution >= 4 is 0 Å². The maximum atomic E-state index is 5.48. The fourth-order valence-corrected chi connectivity index (χ4v) is 2.54. The summed E-state index contributed by atoms with van der Waals surface area (Å²) in [5.74, 6) is 0.855. The van der Waals surface area contributed by atoms with Gasteiger partial charge in [-0.15, -0.1) is 0 Å². The highest BCUT2D eigenvalue weighted by atomic mass is 16.5. The molecule has 2 heteroatoms. The first-order chi connectivity index (χ1) is 8.42. The van der Waals surface area contributed by atoms with Crippen LogP contribution in [0.5, 0.6) is 0 Å². The van der Waals surface area contributed by atoms with E-state index in [0.717, 1.165) is 25.7 Å². The van der Waals surface area contributed by atoms with E-state index in [9.17, 15) is 0 Å². The minimum absolute atomic E-state index is 0.549. The monoisotopic (exact) mass is 231 g/mol. The molecule has 1 saturated carbocycles. The molecule has 1 aliphatic carbocycles. The van der Waals surface area contributed by atoms with Crippen molar-refractivity contribution in [1.29, 1.82) is 0 Å². The Bertz CT molecular complexity index is 367. The molecule has 17 heavy (non-hydrogen) atoms. The predicted molar refractivity (Wildman–Crippen MR) is 69.1 cm³/mol. The molecule has 0 amide bonds. The van der Waals surface area contributed by atoms with E-state index >= 15 is 0 Å². The van der Waals surface area contributed by atoms with E-state index in [0.29, 0.717) is 6.04 Å². The van der Waals surface area contributed by atoms with Crippen molar-refractivity contribution in [2.24, 2.45) is 0 Å². The topological polar surface area (TPSA) is 21.3 Å². The molecular weight excluding hydrogens is 210 g/mol. The normalized spacial score (nSPS) is 24.8. The molecule has 1 aromatic carbocycles. The molecule has 1 atom stereocenters. The molecule has 1 N–H and O–H groups in total. The molecule has 2 fully saturated rings. The maximum absolute atomic E-state index is 5.48. The summed E-state index contributed by atoms with van der Waals surface area (Å²) in [5.41, 5.74) is 2.95. The Balaban J connectivity index is 1.54. The minimum Gasteiger partial charge on any atom is -0.380 e. The fraction of sp³-hybridized carbons (Fsp3) is 0.600. The molecule has 0 bridgehead atoms. The van der Waals surface area contributed by atoms with E-state index in [1.165, 1.54) is 36.8 Å². The van der Waals surface area contributed by atoms with Gasteiger partial charge in [0, 0.05) is 19.2 Å². The van der Waals surface area contributed by atoms with Crippen LogP contribution in [-0.4, -0.2) is 19.3 Å². The zero-order valence-corrected chi connectivity index (χ0v) is 10.3. The lowest BCUT2D eigenvalue weighted by Gasteiger charge is -2.23. The van der Waals surface area contributed by atoms with Gasteiger partial charge in [0.05, 0.1) is 6.61 Å². The average Bonchev–Trinajstić information content (AvgIpc) is 3.22. The molecule has 0 aromatic heterocycles. The Morgan fingerprint density at radius 1 is 1.24 bits per heavy atom. The van der Waals surface area contributed by atoms with Gasteiger partial charge in [-0.05, 0) is 42.7 Å². The van der Waals surface area contributed by atoms with Crippen LogP contribution in [0.15, 0.2) is 24.3 Å². The molecule has 1 saturated heterocycles. The molecule has 1 heterocycles. The standard InChI is InChI=1S/C15H21NO/c1-3-12(9-14(4-1)13-6-7-13)10-16-15-5-2-8-17-11-15/h1,3-4,9,13,15-16H,2,5-8,10-11H2. The lowest BCUT2D eigenvalue weighted by Crippen LogP contribution is -2.36. The summed E-state index contributed by atoms with van der Waals surface area (Å²) in [4.78, 5) is 0. The molecule has 1 aliphatic heterocycles. The first-order valence-electron chi connectivity index (χ1n) is 6.82. The highest BCUT2D eigenvalue weighted by Crippen LogP contribution is 2.40. The molecule has 0 radical (unpaired) electrons. The minimum atomic E-state index is 0.549. The number of rotatable bonds is 4. The van der Waals surface area contributed by atoms with E-state index in [2.05, 4.69) is 29.6 Å². The lowest BCUT2D eigenvalue weighted by molar-refractivity contribution is 0.0699. The van der Waals surface area contributed by atoms with Gasteiger partial charge >= 0.3 is 0 Å². The highest BCUT2D eigenvalue weighted by Gasteiger charge is 2.23. The van der Waals surface area contributed by atoms with Crippen LogP contribution in [0.1, 0.15) is 42.7 Å². The van der Waals surface area contributed by atoms with Crippen molar-refractivity contribution in [1.82, 2.24) is 5.32 Å². The third kappa shape index (κ3) is 3.08. The first kappa shape index (κ1) is 11.2. The van der Waals surface area contributed by atoms with E-state index < -0.39 is 0 Å². The van der Waals surface area contributed by atoms with E-state index in [1.807, 2.05) is 0 Å². The van der Waals surface area contributed by atoms with E-state index in [-0.39, 0.29) is 0 Å². The van der Waals surface area contributed by atoms with Crippen LogP contribution in [-0.2, 0) is 11.3 Å². The Hall–Kier alpha value is -0.860. The molecule has 1 aromatic rings. The highest BCUT2D eigenvalue weighted by molar-refractivity contribution is 5.29. The van der Waals surface area contributed by atoms with Gasteiger partial charge in [-0.2, -0.15) is 0 Å². The number of benzene rings is 1. The van der Waals surface area contributed by atoms with Gasteiger partial charge in [-0.25, -0.2) is 0 Å². The molecule has 2 nitrogen and oxygen atoms in total. The molecule has 0 spiro atoms. The van der Waals surface area contributed by atoms with E-state index in [4.69, 9.17) is 4.74 Å². The second-order valence-electron chi connectivity index (χ2n) is 5.31. The summed E-state index contributed by atoms with van der Waals surface area (Å²) in [6, 6.07) is 9.61. The van der Waals surface area contributed by atoms with Gasteiger partial charge in [-0.3, -0.25) is 0 Å². The smallest absolute Gasteiger partial charge is 0.0619 e. The van der Waals surface area contributed by atoms with E-state index in [1.54, 1.807) is 0 Å². The third-order valence-corrected chi connectivity index (χ3v) is 3.75. The van der Waals surface area contributed by atoms with Crippen LogP contribution in [0.3, 0.4) is 0 Å². The van der Waals surface area contributed by atoms with Crippen LogP contribution >= 0.6 is 0 Å². The lowest BCUT2D eigenvalue weighted by atomic mass is 10.1. The number of hydrogen-bond acceptors (Lipinski definition) is 2. The van der Waals surface area contributed by atoms with Gasteiger partial charge < -0.3 is 10.1 Å². The van der Waals surface area contributed by atoms with Gasteiger partial charge in [-0.1, -0.05) is 24.3 Å². The number of hydrogen-bond donors (Lipinski definition) is 1. The van der Waals surface area contributed by atoms with Crippen molar-refractivity contribution in [3.05, 3.63) is 35.4 Å². The predicted octanol–water partition coefficient (Wildman–Crippen LogP) is 2.83. The van der Waals surface area contributed by atoms with Gasteiger partial charge in [0.25, 0.3) is 0 Å². The van der Waals surface area contributed by atoms with Crippen molar-refractivity contribution in [2.45, 2.75) is 44.2 Å². The second kappa shape index (κ2) is 5.19. The summed E-state index contributed by atoms with van der Waals surface area (Å²) in [6.07, 6.45) is 5.21. The van der Waals surface area contributed by atoms with Crippen molar-refractivity contribution in [3.63, 3.8) is 0 Å². The van der Waals surface area contributed by atoms with Crippen molar-refractivity contribution in [3.8, 4) is 0 Å². The third-order valence-electron chi connectivity index (χ3n) is 3.75. The zero-order chi connectivity index (χ0) is 11.5.